The number of hydrogen-bond acceptors (Lipinski definition) is 3. The highest BCUT2D eigenvalue weighted by atomic mass is 16.6. The highest BCUT2D eigenvalue weighted by Crippen LogP contribution is 2.53. The van der Waals surface area contributed by atoms with E-state index >= 15 is 0 Å². The third-order valence-corrected chi connectivity index (χ3v) is 3.25. The van der Waals surface area contributed by atoms with Gasteiger partial charge in [0.15, 0.2) is 0 Å². The number of carbonyl (C=O) groups is 2. The Labute approximate surface area is 63.7 Å². The lowest BCUT2D eigenvalue weighted by atomic mass is 9.89. The van der Waals surface area contributed by atoms with E-state index in [1.807, 2.05) is 0 Å². The largest absolute Gasteiger partial charge is 0.461 e. The van der Waals surface area contributed by atoms with Gasteiger partial charge in [-0.2, -0.15) is 0 Å². The van der Waals surface area contributed by atoms with Crippen LogP contribution in [0.15, 0.2) is 0 Å². The van der Waals surface area contributed by atoms with Crippen LogP contribution < -0.4 is 0 Å². The van der Waals surface area contributed by atoms with Crippen LogP contribution in [0.1, 0.15) is 12.8 Å². The lowest BCUT2D eigenvalue weighted by Gasteiger charge is -2.18. The van der Waals surface area contributed by atoms with E-state index in [9.17, 15) is 9.59 Å². The molecule has 3 nitrogen and oxygen atoms in total. The standard InChI is InChI=1S/C8H8O3/c9-6-2-3-4-1-5(6)7(3)11-8(4)10/h3-5,7H,1-2H2. The summed E-state index contributed by atoms with van der Waals surface area (Å²) in [5.41, 5.74) is 0. The van der Waals surface area contributed by atoms with Crippen LogP contribution in [0.25, 0.3) is 0 Å². The van der Waals surface area contributed by atoms with Crippen molar-refractivity contribution < 1.29 is 14.3 Å². The van der Waals surface area contributed by atoms with Gasteiger partial charge in [0.2, 0.25) is 0 Å². The fraction of sp³-hybridized carbons (Fsp3) is 0.750. The molecule has 1 saturated heterocycles. The first kappa shape index (κ1) is 5.75. The summed E-state index contributed by atoms with van der Waals surface area (Å²) in [4.78, 5) is 22.1. The van der Waals surface area contributed by atoms with Crippen molar-refractivity contribution in [2.24, 2.45) is 17.8 Å². The SMILES string of the molecule is O=C1OC2C3CC1C2CC3=O. The van der Waals surface area contributed by atoms with Gasteiger partial charge in [-0.15, -0.1) is 0 Å². The summed E-state index contributed by atoms with van der Waals surface area (Å²) in [6.07, 6.45) is 1.33. The molecule has 3 rings (SSSR count). The number of rotatable bonds is 0. The molecule has 0 spiro atoms. The van der Waals surface area contributed by atoms with E-state index in [-0.39, 0.29) is 29.8 Å². The zero-order chi connectivity index (χ0) is 7.59. The second kappa shape index (κ2) is 1.49. The van der Waals surface area contributed by atoms with E-state index < -0.39 is 0 Å². The molecule has 3 fully saturated rings. The van der Waals surface area contributed by atoms with Crippen LogP contribution in [0, 0.1) is 17.8 Å². The molecule has 2 saturated carbocycles. The molecule has 1 aliphatic heterocycles. The molecule has 4 atom stereocenters. The van der Waals surface area contributed by atoms with Gasteiger partial charge in [0.05, 0.1) is 11.8 Å². The molecule has 58 valence electrons. The van der Waals surface area contributed by atoms with Crippen molar-refractivity contribution in [3.05, 3.63) is 0 Å². The van der Waals surface area contributed by atoms with Gasteiger partial charge < -0.3 is 4.74 Å². The maximum absolute atomic E-state index is 11.1. The third kappa shape index (κ3) is 0.481. The molecule has 0 amide bonds. The zero-order valence-corrected chi connectivity index (χ0v) is 5.95. The van der Waals surface area contributed by atoms with Gasteiger partial charge in [-0.05, 0) is 6.42 Å². The predicted molar refractivity (Wildman–Crippen MR) is 34.6 cm³/mol. The summed E-state index contributed by atoms with van der Waals surface area (Å²) in [5, 5.41) is 0. The van der Waals surface area contributed by atoms with Crippen LogP contribution in [0.4, 0.5) is 0 Å². The van der Waals surface area contributed by atoms with Crippen LogP contribution in [0.3, 0.4) is 0 Å². The summed E-state index contributed by atoms with van der Waals surface area (Å²) < 4.78 is 5.06. The monoisotopic (exact) mass is 152 g/mol. The van der Waals surface area contributed by atoms with Gasteiger partial charge in [0, 0.05) is 12.3 Å². The van der Waals surface area contributed by atoms with Crippen LogP contribution in [0.2, 0.25) is 0 Å². The Bertz CT molecular complexity index is 232. The molecule has 4 bridgehead atoms. The topological polar surface area (TPSA) is 43.4 Å². The molecule has 0 radical (unpaired) electrons. The minimum absolute atomic E-state index is 0.0278. The van der Waals surface area contributed by atoms with E-state index in [1.165, 1.54) is 0 Å². The van der Waals surface area contributed by atoms with Gasteiger partial charge in [-0.25, -0.2) is 0 Å². The summed E-state index contributed by atoms with van der Waals surface area (Å²) >= 11 is 0. The van der Waals surface area contributed by atoms with Crippen LogP contribution in [-0.2, 0) is 14.3 Å². The van der Waals surface area contributed by atoms with Crippen LogP contribution in [0.5, 0.6) is 0 Å². The van der Waals surface area contributed by atoms with Gasteiger partial charge in [0.1, 0.15) is 11.9 Å². The van der Waals surface area contributed by atoms with Crippen molar-refractivity contribution in [3.8, 4) is 0 Å². The molecular formula is C8H8O3. The number of esters is 1. The molecule has 0 N–H and O–H groups in total. The number of ether oxygens (including phenoxy) is 1. The Morgan fingerprint density at radius 3 is 2.73 bits per heavy atom. The summed E-state index contributed by atoms with van der Waals surface area (Å²) in [6.45, 7) is 0. The molecule has 11 heavy (non-hydrogen) atoms. The van der Waals surface area contributed by atoms with E-state index in [0.29, 0.717) is 12.2 Å². The molecule has 2 aliphatic carbocycles. The highest BCUT2D eigenvalue weighted by Gasteiger charge is 2.62. The molecule has 1 heterocycles. The zero-order valence-electron chi connectivity index (χ0n) is 5.95. The Kier molecular flexibility index (Phi) is 0.780. The molecule has 0 aromatic carbocycles. The summed E-state index contributed by atoms with van der Waals surface area (Å²) in [5.74, 6) is 0.637. The number of hydrogen-bond donors (Lipinski definition) is 0. The number of ketones is 1. The highest BCUT2D eigenvalue weighted by molar-refractivity contribution is 5.91. The lowest BCUT2D eigenvalue weighted by molar-refractivity contribution is -0.152. The second-order valence-electron chi connectivity index (χ2n) is 3.68. The predicted octanol–water partition coefficient (Wildman–Crippen LogP) is 0.137. The van der Waals surface area contributed by atoms with Crippen molar-refractivity contribution in [3.63, 3.8) is 0 Å². The Morgan fingerprint density at radius 2 is 2.09 bits per heavy atom. The Balaban J connectivity index is 2.04. The third-order valence-electron chi connectivity index (χ3n) is 3.25. The molecular weight excluding hydrogens is 144 g/mol. The quantitative estimate of drug-likeness (QED) is 0.463. The van der Waals surface area contributed by atoms with E-state index in [2.05, 4.69) is 0 Å². The van der Waals surface area contributed by atoms with Crippen molar-refractivity contribution in [1.29, 1.82) is 0 Å². The number of Topliss-reactive ketones (excluding diaryl/α,β-unsaturated/α-hetero) is 1. The average Bonchev–Trinajstić information content (AvgIpc) is 2.52. The minimum Gasteiger partial charge on any atom is -0.461 e. The maximum Gasteiger partial charge on any atom is 0.309 e. The van der Waals surface area contributed by atoms with E-state index in [4.69, 9.17) is 4.74 Å². The summed E-state index contributed by atoms with van der Waals surface area (Å²) in [6, 6.07) is 0. The van der Waals surface area contributed by atoms with Gasteiger partial charge >= 0.3 is 5.97 Å². The minimum atomic E-state index is -0.0660. The molecule has 3 aliphatic rings. The number of carbonyl (C=O) groups excluding carboxylic acids is 2. The van der Waals surface area contributed by atoms with Crippen molar-refractivity contribution in [2.45, 2.75) is 18.9 Å². The van der Waals surface area contributed by atoms with Crippen LogP contribution >= 0.6 is 0 Å². The van der Waals surface area contributed by atoms with Crippen molar-refractivity contribution >= 4 is 11.8 Å². The van der Waals surface area contributed by atoms with Crippen LogP contribution in [-0.4, -0.2) is 17.9 Å². The second-order valence-corrected chi connectivity index (χ2v) is 3.68. The fourth-order valence-electron chi connectivity index (χ4n) is 2.73. The van der Waals surface area contributed by atoms with Crippen molar-refractivity contribution in [2.75, 3.05) is 0 Å². The Hall–Kier alpha value is -0.860. The normalized spacial score (nSPS) is 52.0. The molecule has 4 unspecified atom stereocenters. The summed E-state index contributed by atoms with van der Waals surface area (Å²) in [7, 11) is 0. The van der Waals surface area contributed by atoms with Crippen molar-refractivity contribution in [1.82, 2.24) is 0 Å². The van der Waals surface area contributed by atoms with Gasteiger partial charge in [0.25, 0.3) is 0 Å². The molecule has 3 heteroatoms. The van der Waals surface area contributed by atoms with Gasteiger partial charge in [-0.3, -0.25) is 9.59 Å². The smallest absolute Gasteiger partial charge is 0.309 e. The van der Waals surface area contributed by atoms with Gasteiger partial charge in [-0.1, -0.05) is 0 Å². The Morgan fingerprint density at radius 1 is 1.27 bits per heavy atom. The van der Waals surface area contributed by atoms with E-state index in [1.54, 1.807) is 0 Å². The maximum atomic E-state index is 11.1. The molecule has 0 aromatic rings. The first-order valence-corrected chi connectivity index (χ1v) is 4.00. The first-order chi connectivity index (χ1) is 5.27. The lowest BCUT2D eigenvalue weighted by Crippen LogP contribution is -2.28. The van der Waals surface area contributed by atoms with E-state index in [0.717, 1.165) is 6.42 Å². The first-order valence-electron chi connectivity index (χ1n) is 4.00. The molecule has 0 aromatic heterocycles. The average molecular weight is 152 g/mol. The fourth-order valence-corrected chi connectivity index (χ4v) is 2.73.